The summed E-state index contributed by atoms with van der Waals surface area (Å²) < 4.78 is 0. The summed E-state index contributed by atoms with van der Waals surface area (Å²) in [4.78, 5) is 0. The number of nitrogens with zero attached hydrogens (tertiary/aromatic N) is 1. The Labute approximate surface area is 94.1 Å². The van der Waals surface area contributed by atoms with Crippen molar-refractivity contribution < 1.29 is 0 Å². The zero-order valence-electron chi connectivity index (χ0n) is 10.6. The second kappa shape index (κ2) is 4.53. The molecule has 0 aromatic carbocycles. The van der Waals surface area contributed by atoms with Crippen LogP contribution in [0.5, 0.6) is 0 Å². The molecule has 0 aromatic heterocycles. The Bertz CT molecular complexity index is 244. The van der Waals surface area contributed by atoms with Crippen molar-refractivity contribution in [3.05, 3.63) is 0 Å². The lowest BCUT2D eigenvalue weighted by atomic mass is 9.90. The largest absolute Gasteiger partial charge is 0.316 e. The minimum Gasteiger partial charge on any atom is -0.316 e. The molecule has 0 atom stereocenters. The van der Waals surface area contributed by atoms with Gasteiger partial charge in [0.15, 0.2) is 0 Å². The molecule has 0 unspecified atom stereocenters. The summed E-state index contributed by atoms with van der Waals surface area (Å²) in [5.74, 6) is 0.786. The van der Waals surface area contributed by atoms with Crippen molar-refractivity contribution >= 4 is 0 Å². The highest BCUT2D eigenvalue weighted by Crippen LogP contribution is 2.51. The molecule has 0 spiro atoms. The summed E-state index contributed by atoms with van der Waals surface area (Å²) in [5.41, 5.74) is 0.401. The molecule has 1 aliphatic carbocycles. The van der Waals surface area contributed by atoms with E-state index >= 15 is 0 Å². The van der Waals surface area contributed by atoms with Crippen LogP contribution in [0, 0.1) is 28.1 Å². The van der Waals surface area contributed by atoms with E-state index in [0.717, 1.165) is 25.4 Å². The molecule has 0 heterocycles. The van der Waals surface area contributed by atoms with Crippen molar-refractivity contribution in [2.45, 2.75) is 47.0 Å². The average Bonchev–Trinajstić information content (AvgIpc) is 2.94. The van der Waals surface area contributed by atoms with Gasteiger partial charge in [-0.2, -0.15) is 5.26 Å². The molecule has 15 heavy (non-hydrogen) atoms. The maximum Gasteiger partial charge on any atom is 0.0684 e. The molecule has 0 aliphatic heterocycles. The van der Waals surface area contributed by atoms with Gasteiger partial charge in [-0.05, 0) is 51.0 Å². The lowest BCUT2D eigenvalue weighted by Gasteiger charge is -2.21. The highest BCUT2D eigenvalue weighted by molar-refractivity contribution is 4.97. The Morgan fingerprint density at radius 3 is 2.40 bits per heavy atom. The van der Waals surface area contributed by atoms with E-state index in [0.29, 0.717) is 5.41 Å². The van der Waals surface area contributed by atoms with E-state index < -0.39 is 0 Å². The van der Waals surface area contributed by atoms with E-state index in [1.54, 1.807) is 0 Å². The number of nitrogens with one attached hydrogen (secondary N) is 1. The first-order chi connectivity index (χ1) is 6.92. The Morgan fingerprint density at radius 2 is 2.00 bits per heavy atom. The van der Waals surface area contributed by atoms with Crippen LogP contribution in [0.25, 0.3) is 0 Å². The third kappa shape index (κ3) is 3.50. The summed E-state index contributed by atoms with van der Waals surface area (Å²) in [5, 5.41) is 12.4. The van der Waals surface area contributed by atoms with Crippen LogP contribution in [0.3, 0.4) is 0 Å². The molecule has 0 amide bonds. The first-order valence-electron chi connectivity index (χ1n) is 6.04. The molecule has 1 aliphatic rings. The highest BCUT2D eigenvalue weighted by atomic mass is 14.9. The first kappa shape index (κ1) is 12.5. The average molecular weight is 208 g/mol. The van der Waals surface area contributed by atoms with Gasteiger partial charge in [0.05, 0.1) is 11.5 Å². The standard InChI is InChI=1S/C13H24N2/c1-11(2)13(5-6-13)10-15-8-7-12(3,4)9-14/h11,15H,5-8,10H2,1-4H3. The molecule has 86 valence electrons. The van der Waals surface area contributed by atoms with Crippen molar-refractivity contribution in [2.75, 3.05) is 13.1 Å². The maximum absolute atomic E-state index is 8.88. The second-order valence-electron chi connectivity index (χ2n) is 5.94. The minimum atomic E-state index is -0.179. The molecule has 0 bridgehead atoms. The number of nitriles is 1. The summed E-state index contributed by atoms with van der Waals surface area (Å²) >= 11 is 0. The molecule has 2 nitrogen and oxygen atoms in total. The van der Waals surface area contributed by atoms with Gasteiger partial charge in [-0.15, -0.1) is 0 Å². The van der Waals surface area contributed by atoms with Crippen molar-refractivity contribution in [3.8, 4) is 6.07 Å². The van der Waals surface area contributed by atoms with Crippen LogP contribution in [-0.2, 0) is 0 Å². The van der Waals surface area contributed by atoms with Crippen LogP contribution in [-0.4, -0.2) is 13.1 Å². The van der Waals surface area contributed by atoms with E-state index in [2.05, 4.69) is 25.2 Å². The van der Waals surface area contributed by atoms with Crippen LogP contribution in [0.15, 0.2) is 0 Å². The molecule has 1 saturated carbocycles. The maximum atomic E-state index is 8.88. The molecule has 0 radical (unpaired) electrons. The Kier molecular flexibility index (Phi) is 3.78. The molecule has 1 rings (SSSR count). The summed E-state index contributed by atoms with van der Waals surface area (Å²) in [7, 11) is 0. The van der Waals surface area contributed by atoms with Gasteiger partial charge in [-0.3, -0.25) is 0 Å². The molecular weight excluding hydrogens is 184 g/mol. The first-order valence-corrected chi connectivity index (χ1v) is 6.04. The van der Waals surface area contributed by atoms with Gasteiger partial charge in [-0.25, -0.2) is 0 Å². The predicted molar refractivity (Wildman–Crippen MR) is 63.4 cm³/mol. The monoisotopic (exact) mass is 208 g/mol. The van der Waals surface area contributed by atoms with Crippen LogP contribution >= 0.6 is 0 Å². The second-order valence-corrected chi connectivity index (χ2v) is 5.94. The summed E-state index contributed by atoms with van der Waals surface area (Å²) in [6.07, 6.45) is 3.69. The quantitative estimate of drug-likeness (QED) is 0.681. The smallest absolute Gasteiger partial charge is 0.0684 e. The zero-order chi connectivity index (χ0) is 11.5. The zero-order valence-corrected chi connectivity index (χ0v) is 10.6. The van der Waals surface area contributed by atoms with Gasteiger partial charge in [0.2, 0.25) is 0 Å². The number of hydrogen-bond donors (Lipinski definition) is 1. The van der Waals surface area contributed by atoms with Gasteiger partial charge < -0.3 is 5.32 Å². The van der Waals surface area contributed by atoms with Gasteiger partial charge in [-0.1, -0.05) is 13.8 Å². The fraction of sp³-hybridized carbons (Fsp3) is 0.923. The van der Waals surface area contributed by atoms with Gasteiger partial charge in [0, 0.05) is 6.54 Å². The lowest BCUT2D eigenvalue weighted by molar-refractivity contribution is 0.327. The van der Waals surface area contributed by atoms with Crippen molar-refractivity contribution in [2.24, 2.45) is 16.7 Å². The number of rotatable bonds is 6. The third-order valence-corrected chi connectivity index (χ3v) is 3.82. The van der Waals surface area contributed by atoms with E-state index in [4.69, 9.17) is 5.26 Å². The van der Waals surface area contributed by atoms with Crippen molar-refractivity contribution in [1.29, 1.82) is 5.26 Å². The molecular formula is C13H24N2. The fourth-order valence-electron chi connectivity index (χ4n) is 1.91. The van der Waals surface area contributed by atoms with Crippen LogP contribution in [0.1, 0.15) is 47.0 Å². The summed E-state index contributed by atoms with van der Waals surface area (Å²) in [6.45, 7) is 10.7. The van der Waals surface area contributed by atoms with Crippen molar-refractivity contribution in [1.82, 2.24) is 5.32 Å². The topological polar surface area (TPSA) is 35.8 Å². The van der Waals surface area contributed by atoms with E-state index in [1.165, 1.54) is 12.8 Å². The number of hydrogen-bond acceptors (Lipinski definition) is 2. The van der Waals surface area contributed by atoms with Crippen LogP contribution in [0.2, 0.25) is 0 Å². The van der Waals surface area contributed by atoms with E-state index in [9.17, 15) is 0 Å². The summed E-state index contributed by atoms with van der Waals surface area (Å²) in [6, 6.07) is 2.34. The Morgan fingerprint density at radius 1 is 1.40 bits per heavy atom. The lowest BCUT2D eigenvalue weighted by Crippen LogP contribution is -2.30. The van der Waals surface area contributed by atoms with E-state index in [1.807, 2.05) is 13.8 Å². The van der Waals surface area contributed by atoms with Gasteiger partial charge >= 0.3 is 0 Å². The molecule has 1 fully saturated rings. The molecule has 2 heteroatoms. The van der Waals surface area contributed by atoms with Crippen LogP contribution in [0.4, 0.5) is 0 Å². The van der Waals surface area contributed by atoms with Gasteiger partial charge in [0.25, 0.3) is 0 Å². The SMILES string of the molecule is CC(C)C1(CNCCC(C)(C)C#N)CC1. The molecule has 1 N–H and O–H groups in total. The minimum absolute atomic E-state index is 0.179. The van der Waals surface area contributed by atoms with Gasteiger partial charge in [0.1, 0.15) is 0 Å². The Hall–Kier alpha value is -0.550. The predicted octanol–water partition coefficient (Wildman–Crippen LogP) is 2.95. The highest BCUT2D eigenvalue weighted by Gasteiger charge is 2.44. The molecule has 0 saturated heterocycles. The van der Waals surface area contributed by atoms with Crippen LogP contribution < -0.4 is 5.32 Å². The van der Waals surface area contributed by atoms with E-state index in [-0.39, 0.29) is 5.41 Å². The molecule has 0 aromatic rings. The third-order valence-electron chi connectivity index (χ3n) is 3.82. The fourth-order valence-corrected chi connectivity index (χ4v) is 1.91. The Balaban J connectivity index is 2.16. The normalized spacial score (nSPS) is 18.9. The van der Waals surface area contributed by atoms with Crippen molar-refractivity contribution in [3.63, 3.8) is 0 Å².